The van der Waals surface area contributed by atoms with Gasteiger partial charge in [0.05, 0.1) is 5.69 Å². The van der Waals surface area contributed by atoms with Crippen molar-refractivity contribution in [2.24, 2.45) is 0 Å². The van der Waals surface area contributed by atoms with Gasteiger partial charge in [-0.2, -0.15) is 4.98 Å². The lowest BCUT2D eigenvalue weighted by atomic mass is 10.2. The van der Waals surface area contributed by atoms with E-state index >= 15 is 0 Å². The third-order valence-electron chi connectivity index (χ3n) is 4.41. The van der Waals surface area contributed by atoms with E-state index < -0.39 is 0 Å². The van der Waals surface area contributed by atoms with Gasteiger partial charge in [0.2, 0.25) is 0 Å². The minimum atomic E-state index is 0.643. The lowest BCUT2D eigenvalue weighted by Gasteiger charge is -2.26. The maximum absolute atomic E-state index is 5.61. The second kappa shape index (κ2) is 6.14. The van der Waals surface area contributed by atoms with Crippen LogP contribution in [0, 0.1) is 0 Å². The van der Waals surface area contributed by atoms with Crippen molar-refractivity contribution in [1.29, 1.82) is 0 Å². The van der Waals surface area contributed by atoms with Crippen LogP contribution in [0.15, 0.2) is 10.7 Å². The van der Waals surface area contributed by atoms with Crippen LogP contribution in [0.4, 0.5) is 6.01 Å². The molecular weight excluding hydrogens is 252 g/mol. The fourth-order valence-corrected chi connectivity index (χ4v) is 3.00. The van der Waals surface area contributed by atoms with Crippen LogP contribution in [0.2, 0.25) is 0 Å². The standard InChI is InChI=1S/C15H26N4O/c1-3-19-8-4-5-14(19)10-18(2)15-17-13(11-20-15)9-16-12-6-7-12/h11-12,14,16H,3-10H2,1-2H3. The Labute approximate surface area is 121 Å². The fourth-order valence-electron chi connectivity index (χ4n) is 3.00. The molecule has 0 radical (unpaired) electrons. The number of hydrogen-bond acceptors (Lipinski definition) is 5. The highest BCUT2D eigenvalue weighted by Crippen LogP contribution is 2.21. The van der Waals surface area contributed by atoms with Crippen molar-refractivity contribution in [3.63, 3.8) is 0 Å². The molecule has 0 spiro atoms. The smallest absolute Gasteiger partial charge is 0.297 e. The molecule has 2 fully saturated rings. The summed E-state index contributed by atoms with van der Waals surface area (Å²) in [7, 11) is 2.08. The molecule has 112 valence electrons. The third-order valence-corrected chi connectivity index (χ3v) is 4.41. The molecule has 1 aliphatic carbocycles. The Hall–Kier alpha value is -1.07. The largest absolute Gasteiger partial charge is 0.432 e. The van der Waals surface area contributed by atoms with E-state index in [0.29, 0.717) is 12.1 Å². The highest BCUT2D eigenvalue weighted by atomic mass is 16.4. The summed E-state index contributed by atoms with van der Waals surface area (Å²) < 4.78 is 5.61. The van der Waals surface area contributed by atoms with Gasteiger partial charge in [-0.15, -0.1) is 0 Å². The molecule has 1 saturated heterocycles. The first-order valence-corrected chi connectivity index (χ1v) is 7.89. The second-order valence-corrected chi connectivity index (χ2v) is 6.08. The van der Waals surface area contributed by atoms with Gasteiger partial charge < -0.3 is 14.6 Å². The van der Waals surface area contributed by atoms with Crippen molar-refractivity contribution in [3.8, 4) is 0 Å². The molecule has 1 N–H and O–H groups in total. The number of hydrogen-bond donors (Lipinski definition) is 1. The normalized spacial score (nSPS) is 23.4. The van der Waals surface area contributed by atoms with Gasteiger partial charge in [-0.3, -0.25) is 4.90 Å². The SMILES string of the molecule is CCN1CCCC1CN(C)c1nc(CNC2CC2)co1. The van der Waals surface area contributed by atoms with Crippen LogP contribution in [0.5, 0.6) is 0 Å². The molecule has 1 unspecified atom stereocenters. The Morgan fingerprint density at radius 3 is 3.05 bits per heavy atom. The highest BCUT2D eigenvalue weighted by Gasteiger charge is 2.25. The van der Waals surface area contributed by atoms with Crippen molar-refractivity contribution >= 4 is 6.01 Å². The number of nitrogens with one attached hydrogen (secondary N) is 1. The van der Waals surface area contributed by atoms with Crippen LogP contribution >= 0.6 is 0 Å². The zero-order valence-electron chi connectivity index (χ0n) is 12.6. The van der Waals surface area contributed by atoms with Crippen molar-refractivity contribution in [2.45, 2.75) is 51.2 Å². The van der Waals surface area contributed by atoms with Crippen LogP contribution in [0.3, 0.4) is 0 Å². The summed E-state index contributed by atoms with van der Waals surface area (Å²) in [5.74, 6) is 0. The van der Waals surface area contributed by atoms with Crippen LogP contribution in [0.1, 0.15) is 38.3 Å². The Bertz CT molecular complexity index is 429. The minimum absolute atomic E-state index is 0.643. The molecule has 20 heavy (non-hydrogen) atoms. The van der Waals surface area contributed by atoms with E-state index in [1.54, 1.807) is 6.26 Å². The average molecular weight is 278 g/mol. The van der Waals surface area contributed by atoms with Gasteiger partial charge in [-0.1, -0.05) is 6.92 Å². The molecule has 0 bridgehead atoms. The summed E-state index contributed by atoms with van der Waals surface area (Å²) in [6.07, 6.45) is 7.00. The number of likely N-dealkylation sites (N-methyl/N-ethyl adjacent to an activating group) is 2. The van der Waals surface area contributed by atoms with E-state index in [-0.39, 0.29) is 0 Å². The first-order valence-electron chi connectivity index (χ1n) is 7.89. The summed E-state index contributed by atoms with van der Waals surface area (Å²) in [4.78, 5) is 9.28. The first kappa shape index (κ1) is 13.9. The minimum Gasteiger partial charge on any atom is -0.432 e. The number of nitrogens with zero attached hydrogens (tertiary/aromatic N) is 3. The van der Waals surface area contributed by atoms with Crippen LogP contribution in [-0.4, -0.2) is 48.6 Å². The monoisotopic (exact) mass is 278 g/mol. The quantitative estimate of drug-likeness (QED) is 0.824. The molecule has 3 rings (SSSR count). The maximum atomic E-state index is 5.61. The van der Waals surface area contributed by atoms with Gasteiger partial charge >= 0.3 is 0 Å². The van der Waals surface area contributed by atoms with Crippen molar-refractivity contribution in [3.05, 3.63) is 12.0 Å². The Kier molecular flexibility index (Phi) is 4.27. The molecule has 1 aliphatic heterocycles. The van der Waals surface area contributed by atoms with Gasteiger partial charge in [0.15, 0.2) is 0 Å². The summed E-state index contributed by atoms with van der Waals surface area (Å²) in [6, 6.07) is 2.11. The van der Waals surface area contributed by atoms with Gasteiger partial charge in [-0.25, -0.2) is 0 Å². The molecule has 1 atom stereocenters. The molecule has 1 aromatic heterocycles. The molecule has 2 aliphatic rings. The van der Waals surface area contributed by atoms with Crippen molar-refractivity contribution in [1.82, 2.24) is 15.2 Å². The molecule has 1 saturated carbocycles. The third kappa shape index (κ3) is 3.33. The lowest BCUT2D eigenvalue weighted by Crippen LogP contribution is -2.38. The first-order chi connectivity index (χ1) is 9.76. The lowest BCUT2D eigenvalue weighted by molar-refractivity contribution is 0.268. The molecule has 0 aromatic carbocycles. The van der Waals surface area contributed by atoms with E-state index in [2.05, 4.69) is 34.1 Å². The van der Waals surface area contributed by atoms with Gasteiger partial charge in [0, 0.05) is 32.2 Å². The van der Waals surface area contributed by atoms with Crippen LogP contribution < -0.4 is 10.2 Å². The number of oxazole rings is 1. The molecular formula is C15H26N4O. The average Bonchev–Trinajstić information content (AvgIpc) is 2.99. The summed E-state index contributed by atoms with van der Waals surface area (Å²) in [5.41, 5.74) is 1.01. The predicted molar refractivity (Wildman–Crippen MR) is 79.9 cm³/mol. The number of likely N-dealkylation sites (tertiary alicyclic amines) is 1. The summed E-state index contributed by atoms with van der Waals surface area (Å²) in [5, 5.41) is 3.47. The van der Waals surface area contributed by atoms with E-state index in [0.717, 1.165) is 31.3 Å². The molecule has 0 amide bonds. The highest BCUT2D eigenvalue weighted by molar-refractivity contribution is 5.26. The molecule has 5 nitrogen and oxygen atoms in total. The Balaban J connectivity index is 1.52. The number of rotatable bonds is 7. The van der Waals surface area contributed by atoms with Gasteiger partial charge in [-0.05, 0) is 38.8 Å². The van der Waals surface area contributed by atoms with E-state index in [1.165, 1.54) is 32.2 Å². The predicted octanol–water partition coefficient (Wildman–Crippen LogP) is 1.85. The maximum Gasteiger partial charge on any atom is 0.297 e. The van der Waals surface area contributed by atoms with E-state index in [4.69, 9.17) is 4.42 Å². The Morgan fingerprint density at radius 1 is 1.45 bits per heavy atom. The zero-order chi connectivity index (χ0) is 13.9. The topological polar surface area (TPSA) is 44.5 Å². The van der Waals surface area contributed by atoms with E-state index in [1.807, 2.05) is 0 Å². The molecule has 5 heteroatoms. The Morgan fingerprint density at radius 2 is 2.30 bits per heavy atom. The molecule has 2 heterocycles. The number of aromatic nitrogens is 1. The number of anilines is 1. The second-order valence-electron chi connectivity index (χ2n) is 6.08. The molecule has 1 aromatic rings. The van der Waals surface area contributed by atoms with Crippen LogP contribution in [0.25, 0.3) is 0 Å². The van der Waals surface area contributed by atoms with Crippen LogP contribution in [-0.2, 0) is 6.54 Å². The van der Waals surface area contributed by atoms with Crippen molar-refractivity contribution in [2.75, 3.05) is 31.6 Å². The fraction of sp³-hybridized carbons (Fsp3) is 0.800. The summed E-state index contributed by atoms with van der Waals surface area (Å²) in [6.45, 7) is 6.44. The zero-order valence-corrected chi connectivity index (χ0v) is 12.6. The van der Waals surface area contributed by atoms with Gasteiger partial charge in [0.1, 0.15) is 6.26 Å². The van der Waals surface area contributed by atoms with Crippen molar-refractivity contribution < 1.29 is 4.42 Å². The van der Waals surface area contributed by atoms with E-state index in [9.17, 15) is 0 Å². The summed E-state index contributed by atoms with van der Waals surface area (Å²) >= 11 is 0. The van der Waals surface area contributed by atoms with Gasteiger partial charge in [0.25, 0.3) is 6.01 Å².